The van der Waals surface area contributed by atoms with Gasteiger partial charge in [0.25, 0.3) is 0 Å². The summed E-state index contributed by atoms with van der Waals surface area (Å²) in [6.07, 6.45) is 10.2. The Labute approximate surface area is 164 Å². The minimum Gasteiger partial charge on any atom is -0.360 e. The second-order valence-corrected chi connectivity index (χ2v) is 7.63. The van der Waals surface area contributed by atoms with Gasteiger partial charge in [0.1, 0.15) is 5.82 Å². The first kappa shape index (κ1) is 17.1. The summed E-state index contributed by atoms with van der Waals surface area (Å²) in [6.45, 7) is 6.25. The molecule has 28 heavy (non-hydrogen) atoms. The van der Waals surface area contributed by atoms with Crippen molar-refractivity contribution in [1.82, 2.24) is 14.9 Å². The van der Waals surface area contributed by atoms with Crippen LogP contribution >= 0.6 is 0 Å². The molecule has 0 spiro atoms. The number of nitrogens with zero attached hydrogens (tertiary/aromatic N) is 2. The summed E-state index contributed by atoms with van der Waals surface area (Å²) in [6, 6.07) is 11.2. The molecule has 1 atom stereocenters. The van der Waals surface area contributed by atoms with Crippen LogP contribution in [0.1, 0.15) is 18.4 Å². The standard InChI is InChI=1S/C24H22FN3/c1-16-12-21-13-19(8-11-28(21)15-16)22-14-27-24(18-2-4-20(25)5-3-18)23(22)17-6-9-26-10-7-17/h2-7,9-10,13-14,21,27H,1,8,11-12,15H2. The van der Waals surface area contributed by atoms with Crippen LogP contribution in [0.5, 0.6) is 0 Å². The second kappa shape index (κ2) is 6.88. The summed E-state index contributed by atoms with van der Waals surface area (Å²) in [7, 11) is 0. The monoisotopic (exact) mass is 371 g/mol. The number of aromatic amines is 1. The van der Waals surface area contributed by atoms with Crippen molar-refractivity contribution in [2.75, 3.05) is 13.1 Å². The van der Waals surface area contributed by atoms with E-state index in [1.165, 1.54) is 28.8 Å². The van der Waals surface area contributed by atoms with E-state index in [0.29, 0.717) is 6.04 Å². The van der Waals surface area contributed by atoms with Gasteiger partial charge in [-0.05, 0) is 65.9 Å². The molecule has 2 aliphatic heterocycles. The van der Waals surface area contributed by atoms with Gasteiger partial charge in [0.05, 0.1) is 5.69 Å². The van der Waals surface area contributed by atoms with Crippen LogP contribution in [0.3, 0.4) is 0 Å². The van der Waals surface area contributed by atoms with Crippen LogP contribution in [0.25, 0.3) is 28.0 Å². The lowest BCUT2D eigenvalue weighted by Gasteiger charge is -2.28. The first-order valence-corrected chi connectivity index (χ1v) is 9.68. The molecular formula is C24H22FN3. The largest absolute Gasteiger partial charge is 0.360 e. The third kappa shape index (κ3) is 3.00. The number of nitrogens with one attached hydrogen (secondary N) is 1. The van der Waals surface area contributed by atoms with Crippen molar-refractivity contribution in [2.24, 2.45) is 0 Å². The molecule has 0 radical (unpaired) electrons. The molecular weight excluding hydrogens is 349 g/mol. The maximum absolute atomic E-state index is 13.4. The van der Waals surface area contributed by atoms with Crippen LogP contribution in [0, 0.1) is 5.82 Å². The minimum atomic E-state index is -0.225. The Morgan fingerprint density at radius 3 is 2.64 bits per heavy atom. The molecule has 2 aliphatic rings. The minimum absolute atomic E-state index is 0.225. The van der Waals surface area contributed by atoms with E-state index in [1.54, 1.807) is 0 Å². The van der Waals surface area contributed by atoms with Gasteiger partial charge < -0.3 is 4.98 Å². The Morgan fingerprint density at radius 1 is 1.07 bits per heavy atom. The zero-order valence-corrected chi connectivity index (χ0v) is 15.7. The van der Waals surface area contributed by atoms with Crippen molar-refractivity contribution in [3.8, 4) is 22.4 Å². The van der Waals surface area contributed by atoms with Gasteiger partial charge >= 0.3 is 0 Å². The predicted molar refractivity (Wildman–Crippen MR) is 111 cm³/mol. The Morgan fingerprint density at radius 2 is 1.86 bits per heavy atom. The van der Waals surface area contributed by atoms with Gasteiger partial charge in [-0.25, -0.2) is 4.39 Å². The third-order valence-electron chi connectivity index (χ3n) is 5.78. The van der Waals surface area contributed by atoms with Gasteiger partial charge in [-0.1, -0.05) is 18.2 Å². The molecule has 0 saturated carbocycles. The molecule has 1 fully saturated rings. The third-order valence-corrected chi connectivity index (χ3v) is 5.78. The summed E-state index contributed by atoms with van der Waals surface area (Å²) in [4.78, 5) is 10.1. The Hall–Kier alpha value is -2.98. The lowest BCUT2D eigenvalue weighted by atomic mass is 9.90. The molecule has 5 rings (SSSR count). The van der Waals surface area contributed by atoms with E-state index in [4.69, 9.17) is 0 Å². The summed E-state index contributed by atoms with van der Waals surface area (Å²) >= 11 is 0. The summed E-state index contributed by atoms with van der Waals surface area (Å²) in [5.74, 6) is -0.225. The molecule has 140 valence electrons. The van der Waals surface area contributed by atoms with Gasteiger partial charge in [-0.3, -0.25) is 9.88 Å². The fourth-order valence-electron chi connectivity index (χ4n) is 4.45. The maximum atomic E-state index is 13.4. The van der Waals surface area contributed by atoms with Crippen molar-refractivity contribution in [3.63, 3.8) is 0 Å². The fraction of sp³-hybridized carbons (Fsp3) is 0.208. The van der Waals surface area contributed by atoms with Crippen LogP contribution in [-0.2, 0) is 0 Å². The van der Waals surface area contributed by atoms with Gasteiger partial charge in [-0.15, -0.1) is 0 Å². The summed E-state index contributed by atoms with van der Waals surface area (Å²) < 4.78 is 13.4. The zero-order chi connectivity index (χ0) is 19.1. The number of H-pyrrole nitrogens is 1. The first-order valence-electron chi connectivity index (χ1n) is 9.68. The normalized spacial score (nSPS) is 19.5. The fourth-order valence-corrected chi connectivity index (χ4v) is 4.45. The van der Waals surface area contributed by atoms with Crippen molar-refractivity contribution in [2.45, 2.75) is 18.9 Å². The number of fused-ring (bicyclic) bond motifs is 1. The Bertz CT molecular complexity index is 1050. The lowest BCUT2D eigenvalue weighted by Crippen LogP contribution is -2.32. The molecule has 1 aromatic carbocycles. The highest BCUT2D eigenvalue weighted by atomic mass is 19.1. The lowest BCUT2D eigenvalue weighted by molar-refractivity contribution is 0.290. The zero-order valence-electron chi connectivity index (χ0n) is 15.7. The number of hydrogen-bond acceptors (Lipinski definition) is 2. The molecule has 0 bridgehead atoms. The molecule has 3 nitrogen and oxygen atoms in total. The van der Waals surface area contributed by atoms with Crippen LogP contribution in [0.15, 0.2) is 73.2 Å². The molecule has 3 aromatic rings. The van der Waals surface area contributed by atoms with E-state index in [0.717, 1.165) is 48.3 Å². The quantitative estimate of drug-likeness (QED) is 0.634. The molecule has 0 aliphatic carbocycles. The van der Waals surface area contributed by atoms with Gasteiger partial charge in [0.15, 0.2) is 0 Å². The predicted octanol–water partition coefficient (Wildman–Crippen LogP) is 5.30. The van der Waals surface area contributed by atoms with Crippen molar-refractivity contribution >= 4 is 5.57 Å². The van der Waals surface area contributed by atoms with Crippen LogP contribution in [0.2, 0.25) is 0 Å². The molecule has 1 unspecified atom stereocenters. The van der Waals surface area contributed by atoms with E-state index >= 15 is 0 Å². The van der Waals surface area contributed by atoms with E-state index in [2.05, 4.69) is 33.7 Å². The highest BCUT2D eigenvalue weighted by Gasteiger charge is 2.30. The van der Waals surface area contributed by atoms with Crippen molar-refractivity contribution in [3.05, 3.63) is 84.6 Å². The number of pyridine rings is 1. The smallest absolute Gasteiger partial charge is 0.123 e. The topological polar surface area (TPSA) is 31.9 Å². The van der Waals surface area contributed by atoms with Gasteiger partial charge in [0.2, 0.25) is 0 Å². The molecule has 2 aromatic heterocycles. The van der Waals surface area contributed by atoms with E-state index in [1.807, 2.05) is 36.7 Å². The number of aromatic nitrogens is 2. The second-order valence-electron chi connectivity index (χ2n) is 7.63. The van der Waals surface area contributed by atoms with E-state index < -0.39 is 0 Å². The summed E-state index contributed by atoms with van der Waals surface area (Å²) in [5, 5.41) is 0. The average Bonchev–Trinajstić information content (AvgIpc) is 3.31. The number of rotatable bonds is 3. The number of halogens is 1. The van der Waals surface area contributed by atoms with Crippen molar-refractivity contribution in [1.29, 1.82) is 0 Å². The highest BCUT2D eigenvalue weighted by molar-refractivity contribution is 5.91. The van der Waals surface area contributed by atoms with Crippen LogP contribution in [0.4, 0.5) is 4.39 Å². The maximum Gasteiger partial charge on any atom is 0.123 e. The van der Waals surface area contributed by atoms with E-state index in [9.17, 15) is 4.39 Å². The summed E-state index contributed by atoms with van der Waals surface area (Å²) in [5.41, 5.74) is 8.18. The SMILES string of the molecule is C=C1CC2C=C(c3c[nH]c(-c4ccc(F)cc4)c3-c3ccncc3)CCN2C1. The Balaban J connectivity index is 1.64. The first-order chi connectivity index (χ1) is 13.7. The Kier molecular flexibility index (Phi) is 4.21. The molecule has 4 heterocycles. The van der Waals surface area contributed by atoms with Gasteiger partial charge in [-0.2, -0.15) is 0 Å². The highest BCUT2D eigenvalue weighted by Crippen LogP contribution is 2.41. The number of benzene rings is 1. The van der Waals surface area contributed by atoms with E-state index in [-0.39, 0.29) is 5.82 Å². The molecule has 4 heteroatoms. The average molecular weight is 371 g/mol. The van der Waals surface area contributed by atoms with Crippen molar-refractivity contribution < 1.29 is 4.39 Å². The molecule has 1 saturated heterocycles. The molecule has 1 N–H and O–H groups in total. The van der Waals surface area contributed by atoms with Crippen LogP contribution in [-0.4, -0.2) is 34.0 Å². The molecule has 0 amide bonds. The van der Waals surface area contributed by atoms with Crippen LogP contribution < -0.4 is 0 Å². The number of hydrogen-bond donors (Lipinski definition) is 1. The van der Waals surface area contributed by atoms with Gasteiger partial charge in [0, 0.05) is 48.8 Å².